The first-order valence-electron chi connectivity index (χ1n) is 3.45. The first kappa shape index (κ1) is 8.87. The second-order valence-corrected chi connectivity index (χ2v) is 3.93. The molecular formula is C7H12O3S. The van der Waals surface area contributed by atoms with Gasteiger partial charge in [-0.3, -0.25) is 4.79 Å². The number of hydrogen-bond acceptors (Lipinski definition) is 4. The Balaban J connectivity index is 2.27. The fourth-order valence-corrected chi connectivity index (χ4v) is 1.40. The first-order valence-corrected chi connectivity index (χ1v) is 4.67. The van der Waals surface area contributed by atoms with Crippen molar-refractivity contribution in [3.8, 4) is 0 Å². The summed E-state index contributed by atoms with van der Waals surface area (Å²) >= 11 is 1.70. The largest absolute Gasteiger partial charge is 0.464 e. The fourth-order valence-electron chi connectivity index (χ4n) is 0.823. The Hall–Kier alpha value is -0.220. The smallest absolute Gasteiger partial charge is 0.302 e. The number of thioether (sulfide) groups is 1. The van der Waals surface area contributed by atoms with Gasteiger partial charge in [0, 0.05) is 6.92 Å². The predicted octanol–water partition coefficient (Wildman–Crippen LogP) is 0.681. The summed E-state index contributed by atoms with van der Waals surface area (Å²) in [5, 5.41) is 0. The summed E-state index contributed by atoms with van der Waals surface area (Å²) in [5.74, 6) is -0.217. The molecule has 0 atom stereocenters. The van der Waals surface area contributed by atoms with Crippen molar-refractivity contribution in [1.82, 2.24) is 0 Å². The molecule has 11 heavy (non-hydrogen) atoms. The Kier molecular flexibility index (Phi) is 2.78. The summed E-state index contributed by atoms with van der Waals surface area (Å²) in [6.45, 7) is 3.29. The summed E-state index contributed by atoms with van der Waals surface area (Å²) in [5.41, 5.74) is 0. The third kappa shape index (κ3) is 2.10. The van der Waals surface area contributed by atoms with Crippen LogP contribution >= 0.6 is 11.8 Å². The van der Waals surface area contributed by atoms with E-state index in [0.29, 0.717) is 19.8 Å². The van der Waals surface area contributed by atoms with Gasteiger partial charge in [0.25, 0.3) is 0 Å². The Labute approximate surface area is 70.4 Å². The lowest BCUT2D eigenvalue weighted by atomic mass is 10.1. The van der Waals surface area contributed by atoms with Crippen LogP contribution in [0.1, 0.15) is 6.92 Å². The highest BCUT2D eigenvalue weighted by atomic mass is 32.2. The maximum absolute atomic E-state index is 10.5. The average molecular weight is 176 g/mol. The molecule has 0 saturated carbocycles. The molecule has 0 aromatic rings. The van der Waals surface area contributed by atoms with Crippen LogP contribution in [0.2, 0.25) is 0 Å². The van der Waals surface area contributed by atoms with Gasteiger partial charge in [-0.25, -0.2) is 0 Å². The average Bonchev–Trinajstić information content (AvgIpc) is 1.86. The number of carbonyl (C=O) groups excluding carboxylic acids is 1. The maximum Gasteiger partial charge on any atom is 0.302 e. The van der Waals surface area contributed by atoms with Gasteiger partial charge < -0.3 is 9.47 Å². The first-order chi connectivity index (χ1) is 5.18. The summed E-state index contributed by atoms with van der Waals surface area (Å²) in [6, 6.07) is 0. The molecule has 0 bridgehead atoms. The molecular weight excluding hydrogens is 164 g/mol. The van der Waals surface area contributed by atoms with Gasteiger partial charge in [0.2, 0.25) is 0 Å². The Morgan fingerprint density at radius 2 is 2.36 bits per heavy atom. The maximum atomic E-state index is 10.5. The lowest BCUT2D eigenvalue weighted by Gasteiger charge is -2.38. The molecule has 0 aromatic heterocycles. The summed E-state index contributed by atoms with van der Waals surface area (Å²) in [6.07, 6.45) is 2.01. The second kappa shape index (κ2) is 3.45. The van der Waals surface area contributed by atoms with E-state index >= 15 is 0 Å². The van der Waals surface area contributed by atoms with Gasteiger partial charge in [-0.1, -0.05) is 0 Å². The molecule has 1 aliphatic rings. The minimum Gasteiger partial charge on any atom is -0.464 e. The van der Waals surface area contributed by atoms with Crippen LogP contribution in [-0.2, 0) is 14.3 Å². The zero-order valence-corrected chi connectivity index (χ0v) is 7.57. The molecule has 1 fully saturated rings. The van der Waals surface area contributed by atoms with Gasteiger partial charge in [0.05, 0.1) is 18.0 Å². The van der Waals surface area contributed by atoms with E-state index in [1.54, 1.807) is 11.8 Å². The number of carbonyl (C=O) groups is 1. The van der Waals surface area contributed by atoms with Gasteiger partial charge in [-0.15, -0.1) is 0 Å². The topological polar surface area (TPSA) is 35.5 Å². The van der Waals surface area contributed by atoms with Gasteiger partial charge in [0.15, 0.2) is 0 Å². The van der Waals surface area contributed by atoms with Crippen molar-refractivity contribution < 1.29 is 14.3 Å². The van der Waals surface area contributed by atoms with Crippen LogP contribution in [0.3, 0.4) is 0 Å². The number of rotatable bonds is 3. The van der Waals surface area contributed by atoms with E-state index in [1.165, 1.54) is 6.92 Å². The molecule has 64 valence electrons. The third-order valence-electron chi connectivity index (χ3n) is 1.70. The van der Waals surface area contributed by atoms with Crippen LogP contribution in [0.15, 0.2) is 0 Å². The van der Waals surface area contributed by atoms with Gasteiger partial charge in [-0.05, 0) is 6.26 Å². The highest BCUT2D eigenvalue weighted by Crippen LogP contribution is 2.31. The number of hydrogen-bond donors (Lipinski definition) is 0. The molecule has 1 heterocycles. The minimum atomic E-state index is -0.217. The SMILES string of the molecule is CSC1(COC(C)=O)COC1. The normalized spacial score (nSPS) is 20.5. The fraction of sp³-hybridized carbons (Fsp3) is 0.857. The Bertz CT molecular complexity index is 148. The molecule has 0 N–H and O–H groups in total. The summed E-state index contributed by atoms with van der Waals surface area (Å²) in [4.78, 5) is 10.5. The Morgan fingerprint density at radius 1 is 1.73 bits per heavy atom. The van der Waals surface area contributed by atoms with E-state index in [2.05, 4.69) is 0 Å². The Morgan fingerprint density at radius 3 is 2.64 bits per heavy atom. The summed E-state index contributed by atoms with van der Waals surface area (Å²) in [7, 11) is 0. The van der Waals surface area contributed by atoms with Crippen LogP contribution in [0.25, 0.3) is 0 Å². The molecule has 1 rings (SSSR count). The summed E-state index contributed by atoms with van der Waals surface area (Å²) < 4.78 is 10.00. The monoisotopic (exact) mass is 176 g/mol. The van der Waals surface area contributed by atoms with Crippen LogP contribution < -0.4 is 0 Å². The second-order valence-electron chi connectivity index (χ2n) is 2.66. The van der Waals surface area contributed by atoms with Crippen molar-refractivity contribution in [3.05, 3.63) is 0 Å². The molecule has 0 unspecified atom stereocenters. The molecule has 4 heteroatoms. The molecule has 1 saturated heterocycles. The standard InChI is InChI=1S/C7H12O3S/c1-6(8)10-5-7(11-2)3-9-4-7/h3-5H2,1-2H3. The van der Waals surface area contributed by atoms with Gasteiger partial charge >= 0.3 is 5.97 Å². The molecule has 0 spiro atoms. The van der Waals surface area contributed by atoms with Crippen molar-refractivity contribution in [2.45, 2.75) is 11.7 Å². The number of ether oxygens (including phenoxy) is 2. The van der Waals surface area contributed by atoms with Crippen LogP contribution in [0.4, 0.5) is 0 Å². The highest BCUT2D eigenvalue weighted by molar-refractivity contribution is 8.00. The minimum absolute atomic E-state index is 0.0473. The predicted molar refractivity (Wildman–Crippen MR) is 43.7 cm³/mol. The van der Waals surface area contributed by atoms with E-state index in [0.717, 1.165) is 0 Å². The quantitative estimate of drug-likeness (QED) is 0.592. The zero-order chi connectivity index (χ0) is 8.32. The van der Waals surface area contributed by atoms with Crippen molar-refractivity contribution in [2.24, 2.45) is 0 Å². The van der Waals surface area contributed by atoms with Crippen LogP contribution in [0, 0.1) is 0 Å². The van der Waals surface area contributed by atoms with Gasteiger partial charge in [0.1, 0.15) is 6.61 Å². The van der Waals surface area contributed by atoms with Crippen LogP contribution in [0.5, 0.6) is 0 Å². The van der Waals surface area contributed by atoms with Gasteiger partial charge in [-0.2, -0.15) is 11.8 Å². The van der Waals surface area contributed by atoms with E-state index in [1.807, 2.05) is 6.26 Å². The van der Waals surface area contributed by atoms with E-state index < -0.39 is 0 Å². The van der Waals surface area contributed by atoms with Crippen molar-refractivity contribution >= 4 is 17.7 Å². The highest BCUT2D eigenvalue weighted by Gasteiger charge is 2.39. The molecule has 1 aliphatic heterocycles. The third-order valence-corrected chi connectivity index (χ3v) is 2.92. The molecule has 0 radical (unpaired) electrons. The lowest BCUT2D eigenvalue weighted by molar-refractivity contribution is -0.145. The molecule has 0 aromatic carbocycles. The lowest BCUT2D eigenvalue weighted by Crippen LogP contribution is -2.50. The van der Waals surface area contributed by atoms with E-state index in [4.69, 9.17) is 9.47 Å². The van der Waals surface area contributed by atoms with Crippen molar-refractivity contribution in [1.29, 1.82) is 0 Å². The van der Waals surface area contributed by atoms with E-state index in [-0.39, 0.29) is 10.7 Å². The van der Waals surface area contributed by atoms with Crippen molar-refractivity contribution in [3.63, 3.8) is 0 Å². The van der Waals surface area contributed by atoms with E-state index in [9.17, 15) is 4.79 Å². The number of esters is 1. The molecule has 0 aliphatic carbocycles. The van der Waals surface area contributed by atoms with Crippen molar-refractivity contribution in [2.75, 3.05) is 26.1 Å². The molecule has 3 nitrogen and oxygen atoms in total. The molecule has 0 amide bonds. The zero-order valence-electron chi connectivity index (χ0n) is 6.75. The van der Waals surface area contributed by atoms with Crippen LogP contribution in [-0.4, -0.2) is 36.8 Å².